The number of rotatable bonds is 4. The molecule has 0 spiro atoms. The van der Waals surface area contributed by atoms with Gasteiger partial charge in [-0.25, -0.2) is 0 Å². The van der Waals surface area contributed by atoms with Gasteiger partial charge in [0.15, 0.2) is 17.3 Å². The summed E-state index contributed by atoms with van der Waals surface area (Å²) in [5.74, 6) is 1.58. The standard InChI is InChI=1S/C19H26N2O3/c22-17(15-6-7-18-19(12-15)24-14-23-18)13-20-8-10-21(11-9-20)16-4-2-1-3-5-16/h6-7,12,16H,1-5,8-11,13-14H2. The predicted octanol–water partition coefficient (Wildman–Crippen LogP) is 2.55. The van der Waals surface area contributed by atoms with E-state index in [0.717, 1.165) is 38.0 Å². The fourth-order valence-electron chi connectivity index (χ4n) is 4.10. The maximum atomic E-state index is 12.5. The molecule has 0 bridgehead atoms. The van der Waals surface area contributed by atoms with Crippen molar-refractivity contribution in [3.8, 4) is 11.5 Å². The number of ketones is 1. The minimum absolute atomic E-state index is 0.166. The van der Waals surface area contributed by atoms with Gasteiger partial charge in [0.25, 0.3) is 0 Å². The van der Waals surface area contributed by atoms with Crippen LogP contribution in [0.15, 0.2) is 18.2 Å². The topological polar surface area (TPSA) is 42.0 Å². The lowest BCUT2D eigenvalue weighted by Gasteiger charge is -2.40. The lowest BCUT2D eigenvalue weighted by Crippen LogP contribution is -2.51. The van der Waals surface area contributed by atoms with Crippen molar-refractivity contribution in [2.75, 3.05) is 39.5 Å². The van der Waals surface area contributed by atoms with Gasteiger partial charge < -0.3 is 9.47 Å². The molecule has 5 nitrogen and oxygen atoms in total. The monoisotopic (exact) mass is 330 g/mol. The van der Waals surface area contributed by atoms with E-state index in [2.05, 4.69) is 9.80 Å². The number of piperazine rings is 1. The first-order valence-electron chi connectivity index (χ1n) is 9.19. The van der Waals surface area contributed by atoms with Gasteiger partial charge >= 0.3 is 0 Å². The van der Waals surface area contributed by atoms with Crippen LogP contribution in [0.4, 0.5) is 0 Å². The van der Waals surface area contributed by atoms with E-state index in [0.29, 0.717) is 17.9 Å². The van der Waals surface area contributed by atoms with E-state index in [1.54, 1.807) is 0 Å². The Hall–Kier alpha value is -1.59. The maximum Gasteiger partial charge on any atom is 0.231 e. The normalized spacial score (nSPS) is 22.7. The molecule has 0 aromatic heterocycles. The summed E-state index contributed by atoms with van der Waals surface area (Å²) in [4.78, 5) is 17.5. The molecule has 3 aliphatic rings. The van der Waals surface area contributed by atoms with E-state index < -0.39 is 0 Å². The summed E-state index contributed by atoms with van der Waals surface area (Å²) in [7, 11) is 0. The second kappa shape index (κ2) is 7.11. The van der Waals surface area contributed by atoms with E-state index in [1.807, 2.05) is 18.2 Å². The fraction of sp³-hybridized carbons (Fsp3) is 0.632. The molecule has 4 rings (SSSR count). The van der Waals surface area contributed by atoms with Gasteiger partial charge in [-0.2, -0.15) is 0 Å². The molecule has 1 aromatic carbocycles. The highest BCUT2D eigenvalue weighted by molar-refractivity contribution is 5.98. The Bertz CT molecular complexity index is 590. The molecule has 0 N–H and O–H groups in total. The number of fused-ring (bicyclic) bond motifs is 1. The smallest absolute Gasteiger partial charge is 0.231 e. The third kappa shape index (κ3) is 3.42. The van der Waals surface area contributed by atoms with Crippen LogP contribution >= 0.6 is 0 Å². The fourth-order valence-corrected chi connectivity index (χ4v) is 4.10. The molecule has 5 heteroatoms. The summed E-state index contributed by atoms with van der Waals surface area (Å²) in [6.07, 6.45) is 6.88. The van der Waals surface area contributed by atoms with Gasteiger partial charge in [-0.15, -0.1) is 0 Å². The van der Waals surface area contributed by atoms with Crippen molar-refractivity contribution in [3.63, 3.8) is 0 Å². The zero-order valence-corrected chi connectivity index (χ0v) is 14.2. The van der Waals surface area contributed by atoms with Gasteiger partial charge in [0.05, 0.1) is 6.54 Å². The molecule has 24 heavy (non-hydrogen) atoms. The number of hydrogen-bond donors (Lipinski definition) is 0. The van der Waals surface area contributed by atoms with Crippen LogP contribution in [0.2, 0.25) is 0 Å². The molecule has 2 fully saturated rings. The summed E-state index contributed by atoms with van der Waals surface area (Å²) < 4.78 is 10.7. The van der Waals surface area contributed by atoms with Crippen LogP contribution in [0.1, 0.15) is 42.5 Å². The zero-order valence-electron chi connectivity index (χ0n) is 14.2. The second-order valence-electron chi connectivity index (χ2n) is 7.10. The van der Waals surface area contributed by atoms with Gasteiger partial charge in [0.1, 0.15) is 0 Å². The Morgan fingerprint density at radius 3 is 2.54 bits per heavy atom. The Labute approximate surface area is 143 Å². The van der Waals surface area contributed by atoms with Crippen LogP contribution in [-0.2, 0) is 0 Å². The SMILES string of the molecule is O=C(CN1CCN(C2CCCCC2)CC1)c1ccc2c(c1)OCO2. The molecule has 130 valence electrons. The highest BCUT2D eigenvalue weighted by Gasteiger charge is 2.26. The van der Waals surface area contributed by atoms with Crippen molar-refractivity contribution in [1.29, 1.82) is 0 Å². The van der Waals surface area contributed by atoms with Crippen LogP contribution in [0, 0.1) is 0 Å². The average Bonchev–Trinajstić information content (AvgIpc) is 3.11. The molecule has 0 amide bonds. The van der Waals surface area contributed by atoms with Crippen LogP contribution in [0.5, 0.6) is 11.5 Å². The first-order valence-corrected chi connectivity index (χ1v) is 9.19. The van der Waals surface area contributed by atoms with E-state index in [9.17, 15) is 4.79 Å². The first-order chi connectivity index (χ1) is 11.8. The van der Waals surface area contributed by atoms with Crippen LogP contribution in [0.3, 0.4) is 0 Å². The molecular formula is C19H26N2O3. The number of hydrogen-bond acceptors (Lipinski definition) is 5. The van der Waals surface area contributed by atoms with E-state index in [4.69, 9.17) is 9.47 Å². The van der Waals surface area contributed by atoms with Gasteiger partial charge in [-0.3, -0.25) is 14.6 Å². The van der Waals surface area contributed by atoms with Gasteiger partial charge in [-0.05, 0) is 31.0 Å². The van der Waals surface area contributed by atoms with Gasteiger partial charge in [0, 0.05) is 37.8 Å². The third-order valence-corrected chi connectivity index (χ3v) is 5.56. The minimum atomic E-state index is 0.166. The van der Waals surface area contributed by atoms with Gasteiger partial charge in [0.2, 0.25) is 6.79 Å². The highest BCUT2D eigenvalue weighted by Crippen LogP contribution is 2.32. The second-order valence-corrected chi connectivity index (χ2v) is 7.10. The van der Waals surface area contributed by atoms with Crippen molar-refractivity contribution < 1.29 is 14.3 Å². The largest absolute Gasteiger partial charge is 0.454 e. The summed E-state index contributed by atoms with van der Waals surface area (Å²) >= 11 is 0. The van der Waals surface area contributed by atoms with Crippen LogP contribution < -0.4 is 9.47 Å². The molecule has 2 heterocycles. The first kappa shape index (κ1) is 15.9. The summed E-state index contributed by atoms with van der Waals surface area (Å²) in [6.45, 7) is 4.92. The van der Waals surface area contributed by atoms with Crippen molar-refractivity contribution in [3.05, 3.63) is 23.8 Å². The zero-order chi connectivity index (χ0) is 16.4. The lowest BCUT2D eigenvalue weighted by atomic mass is 9.94. The molecule has 0 radical (unpaired) electrons. The molecule has 1 saturated heterocycles. The maximum absolute atomic E-state index is 12.5. The summed E-state index contributed by atoms with van der Waals surface area (Å²) in [5, 5.41) is 0. The summed E-state index contributed by atoms with van der Waals surface area (Å²) in [6, 6.07) is 6.26. The number of Topliss-reactive ketones (excluding diaryl/α,β-unsaturated/α-hetero) is 1. The third-order valence-electron chi connectivity index (χ3n) is 5.56. The molecule has 2 aliphatic heterocycles. The number of carbonyl (C=O) groups is 1. The number of carbonyl (C=O) groups excluding carboxylic acids is 1. The number of benzene rings is 1. The van der Waals surface area contributed by atoms with Crippen molar-refractivity contribution >= 4 is 5.78 Å². The Balaban J connectivity index is 1.29. The molecule has 1 aromatic rings. The van der Waals surface area contributed by atoms with Crippen molar-refractivity contribution in [2.45, 2.75) is 38.1 Å². The quantitative estimate of drug-likeness (QED) is 0.794. The number of ether oxygens (including phenoxy) is 2. The Morgan fingerprint density at radius 2 is 1.75 bits per heavy atom. The molecule has 1 aliphatic carbocycles. The van der Waals surface area contributed by atoms with Crippen LogP contribution in [0.25, 0.3) is 0 Å². The molecule has 0 unspecified atom stereocenters. The van der Waals surface area contributed by atoms with Crippen molar-refractivity contribution in [2.24, 2.45) is 0 Å². The predicted molar refractivity (Wildman–Crippen MR) is 91.8 cm³/mol. The highest BCUT2D eigenvalue weighted by atomic mass is 16.7. The Morgan fingerprint density at radius 1 is 1.00 bits per heavy atom. The minimum Gasteiger partial charge on any atom is -0.454 e. The van der Waals surface area contributed by atoms with E-state index in [1.165, 1.54) is 32.1 Å². The average molecular weight is 330 g/mol. The summed E-state index contributed by atoms with van der Waals surface area (Å²) in [5.41, 5.74) is 0.717. The van der Waals surface area contributed by atoms with E-state index in [-0.39, 0.29) is 12.6 Å². The molecule has 0 atom stereocenters. The van der Waals surface area contributed by atoms with Crippen molar-refractivity contribution in [1.82, 2.24) is 9.80 Å². The number of nitrogens with zero attached hydrogens (tertiary/aromatic N) is 2. The van der Waals surface area contributed by atoms with Crippen LogP contribution in [-0.4, -0.2) is 61.1 Å². The van der Waals surface area contributed by atoms with E-state index >= 15 is 0 Å². The Kier molecular flexibility index (Phi) is 4.72. The molecular weight excluding hydrogens is 304 g/mol. The lowest BCUT2D eigenvalue weighted by molar-refractivity contribution is 0.0691. The molecule has 1 saturated carbocycles. The van der Waals surface area contributed by atoms with Gasteiger partial charge in [-0.1, -0.05) is 19.3 Å².